The van der Waals surface area contributed by atoms with Crippen molar-refractivity contribution in [3.63, 3.8) is 0 Å². The minimum absolute atomic E-state index is 0.00903. The number of amides is 3. The second kappa shape index (κ2) is 7.92. The van der Waals surface area contributed by atoms with Crippen LogP contribution >= 0.6 is 7.60 Å². The molecule has 3 fully saturated rings. The van der Waals surface area contributed by atoms with Crippen molar-refractivity contribution in [1.29, 1.82) is 0 Å². The number of ether oxygens (including phenoxy) is 1. The molecule has 0 radical (unpaired) electrons. The van der Waals surface area contributed by atoms with Gasteiger partial charge in [0.2, 0.25) is 0 Å². The highest BCUT2D eigenvalue weighted by Gasteiger charge is 2.58. The summed E-state index contributed by atoms with van der Waals surface area (Å²) in [5, 5.41) is 0. The number of hydrogen-bond acceptors (Lipinski definition) is 8. The van der Waals surface area contributed by atoms with Crippen LogP contribution in [-0.2, 0) is 33.2 Å². The average Bonchev–Trinajstić information content (AvgIpc) is 3.42. The number of epoxide rings is 1. The molecule has 0 bridgehead atoms. The van der Waals surface area contributed by atoms with E-state index in [2.05, 4.69) is 19.1 Å². The minimum Gasteiger partial charge on any atom is -0.371 e. The normalized spacial score (nSPS) is 25.4. The molecule has 148 valence electrons. The summed E-state index contributed by atoms with van der Waals surface area (Å²) in [5.41, 5.74) is -0.810. The Balaban J connectivity index is 1.75. The molecule has 0 aromatic carbocycles. The first kappa shape index (κ1) is 19.7. The predicted octanol–water partition coefficient (Wildman–Crippen LogP) is 1.70. The van der Waals surface area contributed by atoms with Gasteiger partial charge >= 0.3 is 13.6 Å². The predicted molar refractivity (Wildman–Crippen MR) is 88.0 cm³/mol. The van der Waals surface area contributed by atoms with Gasteiger partial charge < -0.3 is 9.64 Å². The molecule has 1 atom stereocenters. The lowest BCUT2D eigenvalue weighted by molar-refractivity contribution is -0.242. The number of nitrogens with zero attached hydrogens (tertiary/aromatic N) is 2. The Morgan fingerprint density at radius 3 is 2.31 bits per heavy atom. The number of carbonyl (C=O) groups is 2. The molecule has 1 saturated carbocycles. The molecular weight excluding hydrogens is 367 g/mol. The largest absolute Gasteiger partial charge is 0.386 e. The van der Waals surface area contributed by atoms with Crippen molar-refractivity contribution in [2.24, 2.45) is 0 Å². The quantitative estimate of drug-likeness (QED) is 0.192. The SMILES string of the molecule is COOP(=O)(CCN1C(=O)N(CC2CO2)C2(CCCCC2)C1=O)OOC. The van der Waals surface area contributed by atoms with Crippen LogP contribution in [0.3, 0.4) is 0 Å². The molecular formula is C15H25N2O8P. The Labute approximate surface area is 152 Å². The molecule has 3 amide bonds. The summed E-state index contributed by atoms with van der Waals surface area (Å²) < 4.78 is 27.0. The summed E-state index contributed by atoms with van der Waals surface area (Å²) in [6.07, 6.45) is 3.89. The average molecular weight is 392 g/mol. The fraction of sp³-hybridized carbons (Fsp3) is 0.867. The van der Waals surface area contributed by atoms with Crippen molar-refractivity contribution < 1.29 is 38.0 Å². The summed E-state index contributed by atoms with van der Waals surface area (Å²) in [5.74, 6) is -0.246. The zero-order valence-corrected chi connectivity index (χ0v) is 15.9. The lowest BCUT2D eigenvalue weighted by Gasteiger charge is -2.37. The van der Waals surface area contributed by atoms with Crippen LogP contribution in [0.4, 0.5) is 4.79 Å². The van der Waals surface area contributed by atoms with Gasteiger partial charge in [-0.3, -0.25) is 14.3 Å². The zero-order chi connectivity index (χ0) is 18.8. The van der Waals surface area contributed by atoms with Gasteiger partial charge in [-0.05, 0) is 12.8 Å². The third kappa shape index (κ3) is 3.81. The highest BCUT2D eigenvalue weighted by Crippen LogP contribution is 2.49. The van der Waals surface area contributed by atoms with E-state index in [1.54, 1.807) is 4.90 Å². The molecule has 0 aromatic rings. The number of hydrogen-bond donors (Lipinski definition) is 0. The maximum absolute atomic E-state index is 13.1. The van der Waals surface area contributed by atoms with Crippen LogP contribution in [0.2, 0.25) is 0 Å². The topological polar surface area (TPSA) is 107 Å². The fourth-order valence-corrected chi connectivity index (χ4v) is 4.84. The van der Waals surface area contributed by atoms with Crippen molar-refractivity contribution in [3.05, 3.63) is 0 Å². The molecule has 0 aromatic heterocycles. The van der Waals surface area contributed by atoms with Gasteiger partial charge in [-0.2, -0.15) is 0 Å². The van der Waals surface area contributed by atoms with E-state index in [1.165, 1.54) is 14.2 Å². The van der Waals surface area contributed by atoms with Gasteiger partial charge in [-0.25, -0.2) is 14.6 Å². The monoisotopic (exact) mass is 392 g/mol. The highest BCUT2D eigenvalue weighted by molar-refractivity contribution is 7.53. The first-order valence-electron chi connectivity index (χ1n) is 8.75. The number of urea groups is 1. The second-order valence-corrected chi connectivity index (χ2v) is 8.68. The molecule has 0 N–H and O–H groups in total. The van der Waals surface area contributed by atoms with E-state index in [9.17, 15) is 14.2 Å². The van der Waals surface area contributed by atoms with E-state index in [4.69, 9.17) is 4.74 Å². The van der Waals surface area contributed by atoms with E-state index in [0.29, 0.717) is 26.0 Å². The number of rotatable bonds is 9. The smallest absolute Gasteiger partial charge is 0.371 e. The standard InChI is InChI=1S/C15H25N2O8P/c1-21-24-26(20,25-22-2)9-8-16-13(18)15(6-4-3-5-7-15)17(14(16)19)10-12-11-23-12/h12H,3-11H2,1-2H3. The van der Waals surface area contributed by atoms with Crippen LogP contribution in [0, 0.1) is 0 Å². The van der Waals surface area contributed by atoms with Crippen molar-refractivity contribution in [2.45, 2.75) is 43.7 Å². The molecule has 2 heterocycles. The molecule has 26 heavy (non-hydrogen) atoms. The molecule has 1 unspecified atom stereocenters. The Morgan fingerprint density at radius 2 is 1.77 bits per heavy atom. The third-order valence-corrected chi connectivity index (χ3v) is 6.56. The van der Waals surface area contributed by atoms with Crippen LogP contribution in [0.1, 0.15) is 32.1 Å². The molecule has 2 saturated heterocycles. The van der Waals surface area contributed by atoms with E-state index >= 15 is 0 Å². The number of carbonyl (C=O) groups excluding carboxylic acids is 2. The lowest BCUT2D eigenvalue weighted by atomic mass is 9.80. The summed E-state index contributed by atoms with van der Waals surface area (Å²) in [6, 6.07) is -0.381. The van der Waals surface area contributed by atoms with Crippen LogP contribution in [0.15, 0.2) is 0 Å². The van der Waals surface area contributed by atoms with E-state index in [0.717, 1.165) is 24.2 Å². The Hall–Kier alpha value is -1.03. The van der Waals surface area contributed by atoms with Gasteiger partial charge in [0.15, 0.2) is 0 Å². The van der Waals surface area contributed by atoms with Crippen LogP contribution in [-0.4, -0.2) is 73.5 Å². The van der Waals surface area contributed by atoms with E-state index in [1.807, 2.05) is 0 Å². The van der Waals surface area contributed by atoms with Crippen LogP contribution < -0.4 is 0 Å². The highest BCUT2D eigenvalue weighted by atomic mass is 31.2. The molecule has 10 nitrogen and oxygen atoms in total. The zero-order valence-electron chi connectivity index (χ0n) is 15.0. The minimum atomic E-state index is -3.75. The first-order chi connectivity index (χ1) is 12.5. The van der Waals surface area contributed by atoms with Gasteiger partial charge in [-0.15, -0.1) is 9.35 Å². The molecule has 11 heteroatoms. The van der Waals surface area contributed by atoms with E-state index < -0.39 is 13.1 Å². The van der Waals surface area contributed by atoms with Crippen molar-refractivity contribution in [2.75, 3.05) is 40.1 Å². The molecule has 1 spiro atoms. The Kier molecular flexibility index (Phi) is 6.01. The lowest BCUT2D eigenvalue weighted by Crippen LogP contribution is -2.52. The van der Waals surface area contributed by atoms with E-state index in [-0.39, 0.29) is 30.7 Å². The van der Waals surface area contributed by atoms with Crippen molar-refractivity contribution >= 4 is 19.5 Å². The Morgan fingerprint density at radius 1 is 1.15 bits per heavy atom. The van der Waals surface area contributed by atoms with Gasteiger partial charge in [-0.1, -0.05) is 19.3 Å². The number of imide groups is 1. The molecule has 3 aliphatic rings. The summed E-state index contributed by atoms with van der Waals surface area (Å²) in [4.78, 5) is 37.7. The van der Waals surface area contributed by atoms with Gasteiger partial charge in [0.1, 0.15) is 5.54 Å². The summed E-state index contributed by atoms with van der Waals surface area (Å²) in [7, 11) is -1.37. The third-order valence-electron chi connectivity index (χ3n) is 5.06. The molecule has 2 aliphatic heterocycles. The van der Waals surface area contributed by atoms with Gasteiger partial charge in [0, 0.05) is 6.54 Å². The maximum atomic E-state index is 13.1. The summed E-state index contributed by atoms with van der Waals surface area (Å²) in [6.45, 7) is 0.903. The van der Waals surface area contributed by atoms with Crippen molar-refractivity contribution in [3.8, 4) is 0 Å². The molecule has 3 rings (SSSR count). The Bertz CT molecular complexity index is 580. The second-order valence-electron chi connectivity index (χ2n) is 6.71. The first-order valence-corrected chi connectivity index (χ1v) is 10.5. The van der Waals surface area contributed by atoms with Gasteiger partial charge in [0.05, 0.1) is 39.6 Å². The van der Waals surface area contributed by atoms with Gasteiger partial charge in [0.25, 0.3) is 5.91 Å². The summed E-state index contributed by atoms with van der Waals surface area (Å²) >= 11 is 0. The van der Waals surface area contributed by atoms with Crippen molar-refractivity contribution in [1.82, 2.24) is 9.80 Å². The van der Waals surface area contributed by atoms with Crippen LogP contribution in [0.5, 0.6) is 0 Å². The molecule has 1 aliphatic carbocycles. The van der Waals surface area contributed by atoms with Crippen LogP contribution in [0.25, 0.3) is 0 Å². The fourth-order valence-electron chi connectivity index (χ4n) is 3.77. The maximum Gasteiger partial charge on any atom is 0.386 e.